The molecule has 27 heavy (non-hydrogen) atoms. The Morgan fingerprint density at radius 3 is 2.37 bits per heavy atom. The topological polar surface area (TPSA) is 74.8 Å². The van der Waals surface area contributed by atoms with E-state index in [0.29, 0.717) is 18.1 Å². The van der Waals surface area contributed by atoms with Gasteiger partial charge in [-0.25, -0.2) is 13.4 Å². The van der Waals surface area contributed by atoms with Crippen molar-refractivity contribution in [3.63, 3.8) is 0 Å². The van der Waals surface area contributed by atoms with Gasteiger partial charge in [0.1, 0.15) is 0 Å². The number of pyridine rings is 1. The highest BCUT2D eigenvalue weighted by atomic mass is 32.2. The van der Waals surface area contributed by atoms with E-state index in [2.05, 4.69) is 43.8 Å². The average Bonchev–Trinajstić information content (AvgIpc) is 2.69. The lowest BCUT2D eigenvalue weighted by atomic mass is 10.2. The highest BCUT2D eigenvalue weighted by Gasteiger charge is 2.19. The Morgan fingerprint density at radius 2 is 1.74 bits per heavy atom. The fourth-order valence-electron chi connectivity index (χ4n) is 3.05. The molecule has 0 atom stereocenters. The van der Waals surface area contributed by atoms with Crippen molar-refractivity contribution < 1.29 is 13.2 Å². The number of piperazine rings is 1. The molecule has 1 aromatic heterocycles. The van der Waals surface area contributed by atoms with E-state index in [1.807, 2.05) is 6.07 Å². The van der Waals surface area contributed by atoms with Crippen molar-refractivity contribution in [2.24, 2.45) is 0 Å². The lowest BCUT2D eigenvalue weighted by molar-refractivity contribution is 0.132. The van der Waals surface area contributed by atoms with Crippen LogP contribution in [0.4, 0.5) is 5.69 Å². The molecule has 2 aromatic rings. The fourth-order valence-corrected chi connectivity index (χ4v) is 4.13. The minimum Gasteiger partial charge on any atom is -0.481 e. The van der Waals surface area contributed by atoms with Crippen LogP contribution < -0.4 is 9.46 Å². The van der Waals surface area contributed by atoms with Crippen molar-refractivity contribution in [2.45, 2.75) is 6.54 Å². The van der Waals surface area contributed by atoms with Gasteiger partial charge in [0.25, 0.3) is 0 Å². The van der Waals surface area contributed by atoms with Gasteiger partial charge >= 0.3 is 0 Å². The molecule has 1 aliphatic rings. The van der Waals surface area contributed by atoms with Gasteiger partial charge in [-0.2, -0.15) is 0 Å². The zero-order valence-corrected chi connectivity index (χ0v) is 16.4. The predicted octanol–water partition coefficient (Wildman–Crippen LogP) is 1.65. The van der Waals surface area contributed by atoms with E-state index in [0.717, 1.165) is 32.7 Å². The number of hydrogen-bond donors (Lipinski definition) is 1. The molecule has 0 saturated carbocycles. The van der Waals surface area contributed by atoms with Crippen LogP contribution in [-0.2, 0) is 16.6 Å². The van der Waals surface area contributed by atoms with Crippen LogP contribution in [-0.4, -0.2) is 68.8 Å². The first-order valence-corrected chi connectivity index (χ1v) is 10.7. The van der Waals surface area contributed by atoms with Crippen molar-refractivity contribution in [1.82, 2.24) is 14.8 Å². The molecule has 3 rings (SSSR count). The molecular formula is C19H26N4O3S. The molecule has 0 bridgehead atoms. The smallest absolute Gasteiger partial charge is 0.234 e. The Kier molecular flexibility index (Phi) is 6.65. The summed E-state index contributed by atoms with van der Waals surface area (Å²) in [7, 11) is -1.88. The van der Waals surface area contributed by atoms with Crippen LogP contribution in [0.3, 0.4) is 0 Å². The molecule has 0 radical (unpaired) electrons. The third-order valence-corrected chi connectivity index (χ3v) is 5.88. The van der Waals surface area contributed by atoms with Gasteiger partial charge in [0.05, 0.1) is 24.7 Å². The second-order valence-corrected chi connectivity index (χ2v) is 8.46. The molecule has 146 valence electrons. The molecule has 1 aliphatic heterocycles. The number of sulfonamides is 1. The summed E-state index contributed by atoms with van der Waals surface area (Å²) < 4.78 is 32.1. The minimum atomic E-state index is -3.40. The Hall–Kier alpha value is -2.16. The van der Waals surface area contributed by atoms with E-state index >= 15 is 0 Å². The van der Waals surface area contributed by atoms with Crippen LogP contribution in [0.5, 0.6) is 5.88 Å². The highest BCUT2D eigenvalue weighted by Crippen LogP contribution is 2.13. The maximum Gasteiger partial charge on any atom is 0.234 e. The van der Waals surface area contributed by atoms with E-state index < -0.39 is 10.0 Å². The minimum absolute atomic E-state index is 0.0672. The van der Waals surface area contributed by atoms with Crippen LogP contribution in [0.25, 0.3) is 0 Å². The monoisotopic (exact) mass is 390 g/mol. The van der Waals surface area contributed by atoms with Gasteiger partial charge in [0.15, 0.2) is 0 Å². The van der Waals surface area contributed by atoms with Crippen molar-refractivity contribution in [3.05, 3.63) is 54.2 Å². The summed E-state index contributed by atoms with van der Waals surface area (Å²) in [6, 6.07) is 13.7. The number of aromatic nitrogens is 1. The van der Waals surface area contributed by atoms with E-state index in [9.17, 15) is 8.42 Å². The second kappa shape index (κ2) is 9.16. The van der Waals surface area contributed by atoms with Gasteiger partial charge < -0.3 is 4.74 Å². The Labute approximate surface area is 161 Å². The van der Waals surface area contributed by atoms with Crippen LogP contribution in [0.15, 0.2) is 48.7 Å². The first-order valence-electron chi connectivity index (χ1n) is 9.03. The van der Waals surface area contributed by atoms with Crippen molar-refractivity contribution in [1.29, 1.82) is 0 Å². The maximum atomic E-state index is 12.3. The summed E-state index contributed by atoms with van der Waals surface area (Å²) in [5.74, 6) is 0.517. The molecule has 1 fully saturated rings. The number of hydrogen-bond acceptors (Lipinski definition) is 6. The van der Waals surface area contributed by atoms with Gasteiger partial charge in [-0.05, 0) is 11.6 Å². The van der Waals surface area contributed by atoms with E-state index in [4.69, 9.17) is 4.74 Å². The summed E-state index contributed by atoms with van der Waals surface area (Å²) in [6.45, 7) is 5.13. The first kappa shape index (κ1) is 19.6. The van der Waals surface area contributed by atoms with Gasteiger partial charge in [0.2, 0.25) is 15.9 Å². The number of anilines is 1. The summed E-state index contributed by atoms with van der Waals surface area (Å²) in [5, 5.41) is 0. The molecule has 0 unspecified atom stereocenters. The predicted molar refractivity (Wildman–Crippen MR) is 106 cm³/mol. The maximum absolute atomic E-state index is 12.3. The largest absolute Gasteiger partial charge is 0.481 e. The van der Waals surface area contributed by atoms with E-state index in [1.165, 1.54) is 18.9 Å². The standard InChI is InChI=1S/C19H26N4O3S/c1-26-19-8-7-18(15-20-19)21-27(24,25)14-13-22-9-11-23(12-10-22)16-17-5-3-2-4-6-17/h2-8,15,21H,9-14,16H2,1H3. The number of nitrogens with one attached hydrogen (secondary N) is 1. The first-order chi connectivity index (χ1) is 13.0. The molecule has 0 spiro atoms. The quantitative estimate of drug-likeness (QED) is 0.739. The normalized spacial score (nSPS) is 16.2. The fraction of sp³-hybridized carbons (Fsp3) is 0.421. The SMILES string of the molecule is COc1ccc(NS(=O)(=O)CCN2CCN(Cc3ccccc3)CC2)cn1. The molecule has 0 aliphatic carbocycles. The van der Waals surface area contributed by atoms with Crippen LogP contribution in [0, 0.1) is 0 Å². The number of nitrogens with zero attached hydrogens (tertiary/aromatic N) is 3. The summed E-state index contributed by atoms with van der Waals surface area (Å²) in [4.78, 5) is 8.61. The number of benzene rings is 1. The zero-order valence-electron chi connectivity index (χ0n) is 15.5. The number of rotatable bonds is 8. The van der Waals surface area contributed by atoms with Gasteiger partial charge in [-0.15, -0.1) is 0 Å². The van der Waals surface area contributed by atoms with E-state index in [-0.39, 0.29) is 5.75 Å². The summed E-state index contributed by atoms with van der Waals surface area (Å²) in [6.07, 6.45) is 1.46. The van der Waals surface area contributed by atoms with Crippen molar-refractivity contribution in [2.75, 3.05) is 50.3 Å². The van der Waals surface area contributed by atoms with E-state index in [1.54, 1.807) is 12.1 Å². The van der Waals surface area contributed by atoms with Gasteiger partial charge in [0, 0.05) is 45.3 Å². The van der Waals surface area contributed by atoms with Gasteiger partial charge in [-0.1, -0.05) is 30.3 Å². The highest BCUT2D eigenvalue weighted by molar-refractivity contribution is 7.92. The van der Waals surface area contributed by atoms with Crippen LogP contribution >= 0.6 is 0 Å². The van der Waals surface area contributed by atoms with Gasteiger partial charge in [-0.3, -0.25) is 14.5 Å². The second-order valence-electron chi connectivity index (χ2n) is 6.61. The average molecular weight is 391 g/mol. The molecule has 1 aromatic carbocycles. The Bertz CT molecular complexity index is 805. The molecule has 1 saturated heterocycles. The molecule has 8 heteroatoms. The zero-order chi connectivity index (χ0) is 19.1. The number of ether oxygens (including phenoxy) is 1. The molecule has 1 N–H and O–H groups in total. The summed E-state index contributed by atoms with van der Waals surface area (Å²) >= 11 is 0. The molecular weight excluding hydrogens is 364 g/mol. The summed E-state index contributed by atoms with van der Waals surface area (Å²) in [5.41, 5.74) is 1.76. The Balaban J connectivity index is 1.42. The third-order valence-electron chi connectivity index (χ3n) is 4.61. The van der Waals surface area contributed by atoms with Crippen molar-refractivity contribution >= 4 is 15.7 Å². The van der Waals surface area contributed by atoms with Crippen molar-refractivity contribution in [3.8, 4) is 5.88 Å². The molecule has 7 nitrogen and oxygen atoms in total. The third kappa shape index (κ3) is 6.20. The van der Waals surface area contributed by atoms with Crippen LogP contribution in [0.1, 0.15) is 5.56 Å². The lowest BCUT2D eigenvalue weighted by Crippen LogP contribution is -2.47. The Morgan fingerprint density at radius 1 is 1.04 bits per heavy atom. The molecule has 2 heterocycles. The number of methoxy groups -OCH3 is 1. The van der Waals surface area contributed by atoms with Crippen LogP contribution in [0.2, 0.25) is 0 Å². The lowest BCUT2D eigenvalue weighted by Gasteiger charge is -2.34. The molecule has 0 amide bonds.